The second kappa shape index (κ2) is 1.09. The molecule has 0 aromatic rings. The van der Waals surface area contributed by atoms with Crippen LogP contribution in [0.3, 0.4) is 0 Å². The molecule has 0 aliphatic heterocycles. The Morgan fingerprint density at radius 1 is 1.71 bits per heavy atom. The van der Waals surface area contributed by atoms with Crippen molar-refractivity contribution in [2.75, 3.05) is 0 Å². The average molecular weight is 97.1 g/mol. The standard InChI is InChI=1S/C6H9O/c1-6(2)4-3-5(6)7/h4H,3H2,1-2H3. The summed E-state index contributed by atoms with van der Waals surface area (Å²) < 4.78 is 0. The first-order valence-corrected chi connectivity index (χ1v) is 2.50. The van der Waals surface area contributed by atoms with Gasteiger partial charge >= 0.3 is 0 Å². The topological polar surface area (TPSA) is 17.1 Å². The first-order valence-electron chi connectivity index (χ1n) is 2.50. The Morgan fingerprint density at radius 2 is 2.14 bits per heavy atom. The van der Waals surface area contributed by atoms with Crippen LogP contribution in [0.4, 0.5) is 0 Å². The molecule has 0 N–H and O–H groups in total. The van der Waals surface area contributed by atoms with Crippen molar-refractivity contribution in [3.05, 3.63) is 6.42 Å². The SMILES string of the molecule is CC1(C)[CH]CC1=O. The van der Waals surface area contributed by atoms with E-state index >= 15 is 0 Å². The summed E-state index contributed by atoms with van der Waals surface area (Å²) in [6, 6.07) is 0. The van der Waals surface area contributed by atoms with E-state index in [0.717, 1.165) is 0 Å². The first kappa shape index (κ1) is 4.82. The number of carbonyl (C=O) groups is 1. The van der Waals surface area contributed by atoms with Crippen molar-refractivity contribution in [3.8, 4) is 0 Å². The van der Waals surface area contributed by atoms with Gasteiger partial charge in [0.25, 0.3) is 0 Å². The van der Waals surface area contributed by atoms with Crippen LogP contribution in [0.15, 0.2) is 0 Å². The Hall–Kier alpha value is -0.330. The molecule has 0 spiro atoms. The Morgan fingerprint density at radius 3 is 2.14 bits per heavy atom. The smallest absolute Gasteiger partial charge is 0.139 e. The van der Waals surface area contributed by atoms with Crippen LogP contribution in [0, 0.1) is 11.8 Å². The highest BCUT2D eigenvalue weighted by Crippen LogP contribution is 2.33. The normalized spacial score (nSPS) is 26.9. The summed E-state index contributed by atoms with van der Waals surface area (Å²) in [5.74, 6) is 0.368. The molecular formula is C6H9O. The zero-order chi connectivity index (χ0) is 5.49. The maximum Gasteiger partial charge on any atom is 0.139 e. The fourth-order valence-electron chi connectivity index (χ4n) is 0.594. The fraction of sp³-hybridized carbons (Fsp3) is 0.667. The predicted molar refractivity (Wildman–Crippen MR) is 27.7 cm³/mol. The Balaban J connectivity index is 2.59. The van der Waals surface area contributed by atoms with E-state index in [1.807, 2.05) is 20.3 Å². The molecule has 1 saturated carbocycles. The molecule has 7 heavy (non-hydrogen) atoms. The van der Waals surface area contributed by atoms with E-state index in [4.69, 9.17) is 0 Å². The van der Waals surface area contributed by atoms with Gasteiger partial charge in [0.05, 0.1) is 0 Å². The summed E-state index contributed by atoms with van der Waals surface area (Å²) >= 11 is 0. The number of rotatable bonds is 0. The van der Waals surface area contributed by atoms with Crippen LogP contribution in [0.5, 0.6) is 0 Å². The van der Waals surface area contributed by atoms with E-state index in [9.17, 15) is 4.79 Å². The Bertz CT molecular complexity index is 103. The Kier molecular flexibility index (Phi) is 0.748. The molecule has 0 unspecified atom stereocenters. The first-order chi connectivity index (χ1) is 3.13. The van der Waals surface area contributed by atoms with E-state index in [2.05, 4.69) is 0 Å². The number of hydrogen-bond acceptors (Lipinski definition) is 1. The molecule has 1 aliphatic rings. The number of hydrogen-bond donors (Lipinski definition) is 0. The van der Waals surface area contributed by atoms with Gasteiger partial charge in [-0.3, -0.25) is 4.79 Å². The number of Topliss-reactive ketones (excluding diaryl/α,β-unsaturated/α-hetero) is 1. The molecule has 0 aromatic carbocycles. The highest BCUT2D eigenvalue weighted by molar-refractivity contribution is 5.93. The quantitative estimate of drug-likeness (QED) is 0.443. The van der Waals surface area contributed by atoms with Gasteiger partial charge in [0.15, 0.2) is 0 Å². The second-order valence-corrected chi connectivity index (χ2v) is 2.55. The highest BCUT2D eigenvalue weighted by Gasteiger charge is 2.36. The van der Waals surface area contributed by atoms with Gasteiger partial charge < -0.3 is 0 Å². The molecule has 0 aromatic heterocycles. The molecule has 39 valence electrons. The Labute approximate surface area is 43.7 Å². The third-order valence-corrected chi connectivity index (χ3v) is 1.52. The van der Waals surface area contributed by atoms with Crippen LogP contribution in [0.1, 0.15) is 20.3 Å². The van der Waals surface area contributed by atoms with Crippen molar-refractivity contribution in [2.45, 2.75) is 20.3 Å². The molecule has 1 radical (unpaired) electrons. The summed E-state index contributed by atoms with van der Waals surface area (Å²) in [5, 5.41) is 0. The van der Waals surface area contributed by atoms with Crippen molar-refractivity contribution in [1.82, 2.24) is 0 Å². The summed E-state index contributed by atoms with van der Waals surface area (Å²) in [4.78, 5) is 10.5. The summed E-state index contributed by atoms with van der Waals surface area (Å²) in [7, 11) is 0. The lowest BCUT2D eigenvalue weighted by molar-refractivity contribution is -0.130. The van der Waals surface area contributed by atoms with Gasteiger partial charge in [0.1, 0.15) is 5.78 Å². The van der Waals surface area contributed by atoms with Gasteiger partial charge in [-0.25, -0.2) is 0 Å². The van der Waals surface area contributed by atoms with Crippen LogP contribution >= 0.6 is 0 Å². The molecule has 1 nitrogen and oxygen atoms in total. The molecule has 0 saturated heterocycles. The van der Waals surface area contributed by atoms with Crippen molar-refractivity contribution < 1.29 is 4.79 Å². The van der Waals surface area contributed by atoms with Gasteiger partial charge in [0, 0.05) is 11.8 Å². The lowest BCUT2D eigenvalue weighted by Gasteiger charge is -2.31. The molecule has 0 bridgehead atoms. The van der Waals surface area contributed by atoms with Gasteiger partial charge in [-0.1, -0.05) is 13.8 Å². The highest BCUT2D eigenvalue weighted by atomic mass is 16.1. The fourth-order valence-corrected chi connectivity index (χ4v) is 0.594. The van der Waals surface area contributed by atoms with Gasteiger partial charge in [-0.05, 0) is 6.42 Å². The van der Waals surface area contributed by atoms with Crippen LogP contribution in [-0.2, 0) is 4.79 Å². The van der Waals surface area contributed by atoms with E-state index in [0.29, 0.717) is 12.2 Å². The van der Waals surface area contributed by atoms with Gasteiger partial charge in [-0.2, -0.15) is 0 Å². The molecule has 0 amide bonds. The summed E-state index contributed by atoms with van der Waals surface area (Å²) in [6.07, 6.45) is 2.72. The van der Waals surface area contributed by atoms with Crippen molar-refractivity contribution >= 4 is 5.78 Å². The molecular weight excluding hydrogens is 88.1 g/mol. The number of ketones is 1. The van der Waals surface area contributed by atoms with Gasteiger partial charge in [-0.15, -0.1) is 0 Å². The van der Waals surface area contributed by atoms with Crippen LogP contribution in [0.25, 0.3) is 0 Å². The molecule has 0 atom stereocenters. The van der Waals surface area contributed by atoms with Crippen LogP contribution in [0.2, 0.25) is 0 Å². The average Bonchev–Trinajstić information content (AvgIpc) is 1.63. The molecule has 1 aliphatic carbocycles. The minimum atomic E-state index is -0.0833. The maximum atomic E-state index is 10.5. The maximum absolute atomic E-state index is 10.5. The van der Waals surface area contributed by atoms with Crippen LogP contribution in [-0.4, -0.2) is 5.78 Å². The lowest BCUT2D eigenvalue weighted by atomic mass is 9.71. The van der Waals surface area contributed by atoms with E-state index in [1.54, 1.807) is 0 Å². The van der Waals surface area contributed by atoms with Crippen molar-refractivity contribution in [3.63, 3.8) is 0 Å². The minimum Gasteiger partial charge on any atom is -0.299 e. The van der Waals surface area contributed by atoms with E-state index < -0.39 is 0 Å². The monoisotopic (exact) mass is 97.1 g/mol. The van der Waals surface area contributed by atoms with Crippen molar-refractivity contribution in [2.24, 2.45) is 5.41 Å². The zero-order valence-electron chi connectivity index (χ0n) is 4.69. The van der Waals surface area contributed by atoms with Gasteiger partial charge in [0.2, 0.25) is 0 Å². The number of carbonyl (C=O) groups excluding carboxylic acids is 1. The molecule has 0 heterocycles. The molecule has 1 heteroatoms. The summed E-state index contributed by atoms with van der Waals surface area (Å²) in [6.45, 7) is 3.89. The molecule has 1 fully saturated rings. The third kappa shape index (κ3) is 0.561. The van der Waals surface area contributed by atoms with Crippen LogP contribution < -0.4 is 0 Å². The summed E-state index contributed by atoms with van der Waals surface area (Å²) in [5.41, 5.74) is -0.0833. The van der Waals surface area contributed by atoms with E-state index in [-0.39, 0.29) is 5.41 Å². The lowest BCUT2D eigenvalue weighted by Crippen LogP contribution is -2.35. The molecule has 1 rings (SSSR count). The third-order valence-electron chi connectivity index (χ3n) is 1.52. The minimum absolute atomic E-state index is 0.0833. The van der Waals surface area contributed by atoms with E-state index in [1.165, 1.54) is 0 Å². The largest absolute Gasteiger partial charge is 0.299 e. The second-order valence-electron chi connectivity index (χ2n) is 2.55. The zero-order valence-corrected chi connectivity index (χ0v) is 4.69. The predicted octanol–water partition coefficient (Wildman–Crippen LogP) is 1.19. The van der Waals surface area contributed by atoms with Crippen molar-refractivity contribution in [1.29, 1.82) is 0 Å².